The van der Waals surface area contributed by atoms with E-state index in [1.54, 1.807) is 23.7 Å². The Hall–Kier alpha value is -3.25. The molecule has 146 valence electrons. The van der Waals surface area contributed by atoms with Crippen molar-refractivity contribution in [1.82, 2.24) is 20.1 Å². The maximum Gasteiger partial charge on any atom is 0.254 e. The summed E-state index contributed by atoms with van der Waals surface area (Å²) >= 11 is 6.56. The zero-order valence-electron chi connectivity index (χ0n) is 15.9. The van der Waals surface area contributed by atoms with Gasteiger partial charge in [-0.05, 0) is 43.7 Å². The van der Waals surface area contributed by atoms with E-state index in [1.165, 1.54) is 18.3 Å². The molecule has 0 saturated heterocycles. The van der Waals surface area contributed by atoms with Gasteiger partial charge in [-0.25, -0.2) is 14.1 Å². The average molecular weight is 409 g/mol. The highest BCUT2D eigenvalue weighted by atomic mass is 35.5. The number of aryl methyl sites for hydroxylation is 2. The molecule has 0 radical (unpaired) electrons. The van der Waals surface area contributed by atoms with Crippen LogP contribution >= 0.6 is 11.6 Å². The van der Waals surface area contributed by atoms with Crippen LogP contribution in [0.1, 0.15) is 27.2 Å². The van der Waals surface area contributed by atoms with Gasteiger partial charge in [-0.3, -0.25) is 4.79 Å². The molecule has 0 fully saturated rings. The van der Waals surface area contributed by atoms with E-state index >= 15 is 0 Å². The number of carbonyl (C=O) groups excluding carboxylic acids is 1. The van der Waals surface area contributed by atoms with Crippen LogP contribution < -0.4 is 5.32 Å². The molecule has 4 rings (SSSR count). The molecule has 7 heteroatoms. The van der Waals surface area contributed by atoms with Crippen molar-refractivity contribution in [3.05, 3.63) is 88.0 Å². The van der Waals surface area contributed by atoms with Gasteiger partial charge in [-0.2, -0.15) is 5.10 Å². The summed E-state index contributed by atoms with van der Waals surface area (Å²) in [7, 11) is 0. The van der Waals surface area contributed by atoms with Gasteiger partial charge in [-0.1, -0.05) is 41.4 Å². The molecule has 0 saturated carbocycles. The van der Waals surface area contributed by atoms with Crippen molar-refractivity contribution in [3.8, 4) is 5.69 Å². The van der Waals surface area contributed by atoms with Crippen molar-refractivity contribution < 1.29 is 9.18 Å². The topological polar surface area (TPSA) is 59.8 Å². The van der Waals surface area contributed by atoms with Gasteiger partial charge in [0.15, 0.2) is 5.65 Å². The smallest absolute Gasteiger partial charge is 0.254 e. The van der Waals surface area contributed by atoms with Crippen LogP contribution in [0.5, 0.6) is 0 Å². The van der Waals surface area contributed by atoms with Gasteiger partial charge in [0.2, 0.25) is 0 Å². The molecule has 2 aromatic carbocycles. The first-order chi connectivity index (χ1) is 13.9. The minimum Gasteiger partial charge on any atom is -0.348 e. The number of fused-ring (bicyclic) bond motifs is 1. The van der Waals surface area contributed by atoms with Gasteiger partial charge in [-0.15, -0.1) is 0 Å². The van der Waals surface area contributed by atoms with E-state index in [2.05, 4.69) is 15.4 Å². The van der Waals surface area contributed by atoms with Gasteiger partial charge in [0.05, 0.1) is 27.4 Å². The Labute approximate surface area is 172 Å². The standard InChI is InChI=1S/C22H18ClFN4O/c1-13-3-5-15(6-4-13)11-26-22(29)18-12-25-21-19(20(18)23)14(2)27-28(21)17-9-7-16(24)8-10-17/h3-10,12H,11H2,1-2H3,(H,26,29). The van der Waals surface area contributed by atoms with E-state index in [0.717, 1.165) is 11.1 Å². The first-order valence-corrected chi connectivity index (χ1v) is 9.45. The number of halogens is 2. The third-order valence-electron chi connectivity index (χ3n) is 4.70. The SMILES string of the molecule is Cc1ccc(CNC(=O)c2cnc3c(c(C)nn3-c3ccc(F)cc3)c2Cl)cc1. The lowest BCUT2D eigenvalue weighted by atomic mass is 10.1. The number of pyridine rings is 1. The number of nitrogens with one attached hydrogen (secondary N) is 1. The Kier molecular flexibility index (Phi) is 5.03. The summed E-state index contributed by atoms with van der Waals surface area (Å²) in [5.74, 6) is -0.639. The van der Waals surface area contributed by atoms with E-state index in [1.807, 2.05) is 31.2 Å². The fourth-order valence-electron chi connectivity index (χ4n) is 3.11. The monoisotopic (exact) mass is 408 g/mol. The summed E-state index contributed by atoms with van der Waals surface area (Å²) in [5.41, 5.74) is 4.24. The molecule has 4 aromatic rings. The van der Waals surface area contributed by atoms with Gasteiger partial charge in [0.25, 0.3) is 5.91 Å². The Morgan fingerprint density at radius 3 is 2.48 bits per heavy atom. The zero-order valence-corrected chi connectivity index (χ0v) is 16.7. The predicted octanol–water partition coefficient (Wildman–Crippen LogP) is 4.76. The van der Waals surface area contributed by atoms with Crippen LogP contribution in [0.25, 0.3) is 16.7 Å². The molecule has 2 heterocycles. The largest absolute Gasteiger partial charge is 0.348 e. The number of aromatic nitrogens is 3. The highest BCUT2D eigenvalue weighted by Gasteiger charge is 2.20. The van der Waals surface area contributed by atoms with E-state index in [0.29, 0.717) is 34.0 Å². The van der Waals surface area contributed by atoms with E-state index in [4.69, 9.17) is 11.6 Å². The van der Waals surface area contributed by atoms with Crippen LogP contribution in [0.4, 0.5) is 4.39 Å². The summed E-state index contributed by atoms with van der Waals surface area (Å²) in [4.78, 5) is 17.1. The second-order valence-corrected chi connectivity index (χ2v) is 7.20. The minimum atomic E-state index is -0.333. The second kappa shape index (κ2) is 7.64. The number of benzene rings is 2. The van der Waals surface area contributed by atoms with E-state index < -0.39 is 0 Å². The van der Waals surface area contributed by atoms with Gasteiger partial charge in [0, 0.05) is 12.7 Å². The van der Waals surface area contributed by atoms with Crippen LogP contribution in [-0.4, -0.2) is 20.7 Å². The number of hydrogen-bond acceptors (Lipinski definition) is 3. The van der Waals surface area contributed by atoms with E-state index in [-0.39, 0.29) is 17.3 Å². The molecule has 0 aliphatic rings. The second-order valence-electron chi connectivity index (χ2n) is 6.83. The molecule has 0 atom stereocenters. The normalized spacial score (nSPS) is 11.0. The molecule has 2 aromatic heterocycles. The molecule has 1 N–H and O–H groups in total. The molecule has 0 aliphatic heterocycles. The molecular weight excluding hydrogens is 391 g/mol. The number of amides is 1. The Bertz CT molecular complexity index is 1200. The first kappa shape index (κ1) is 19.1. The minimum absolute atomic E-state index is 0.285. The molecular formula is C22H18ClFN4O. The van der Waals surface area contributed by atoms with Gasteiger partial charge < -0.3 is 5.32 Å². The van der Waals surface area contributed by atoms with Crippen LogP contribution in [0.15, 0.2) is 54.7 Å². The summed E-state index contributed by atoms with van der Waals surface area (Å²) in [6, 6.07) is 13.9. The Balaban J connectivity index is 1.65. The van der Waals surface area contributed by atoms with Crippen molar-refractivity contribution in [3.63, 3.8) is 0 Å². The quantitative estimate of drug-likeness (QED) is 0.529. The highest BCUT2D eigenvalue weighted by molar-refractivity contribution is 6.38. The zero-order chi connectivity index (χ0) is 20.5. The summed E-state index contributed by atoms with van der Waals surface area (Å²) in [5, 5.41) is 8.23. The third-order valence-corrected chi connectivity index (χ3v) is 5.09. The van der Waals surface area contributed by atoms with Crippen LogP contribution in [0, 0.1) is 19.7 Å². The molecule has 0 spiro atoms. The van der Waals surface area contributed by atoms with Gasteiger partial charge >= 0.3 is 0 Å². The van der Waals surface area contributed by atoms with Crippen molar-refractivity contribution in [2.45, 2.75) is 20.4 Å². The molecule has 1 amide bonds. The summed E-state index contributed by atoms with van der Waals surface area (Å²) in [6.45, 7) is 4.20. The van der Waals surface area contributed by atoms with Crippen molar-refractivity contribution in [2.24, 2.45) is 0 Å². The Morgan fingerprint density at radius 2 is 1.79 bits per heavy atom. The summed E-state index contributed by atoms with van der Waals surface area (Å²) in [6.07, 6.45) is 1.44. The number of nitrogens with zero attached hydrogens (tertiary/aromatic N) is 3. The number of rotatable bonds is 4. The molecule has 5 nitrogen and oxygen atoms in total. The van der Waals surface area contributed by atoms with Crippen LogP contribution in [0.2, 0.25) is 5.02 Å². The van der Waals surface area contributed by atoms with Crippen molar-refractivity contribution >= 4 is 28.5 Å². The number of hydrogen-bond donors (Lipinski definition) is 1. The Morgan fingerprint density at radius 1 is 1.10 bits per heavy atom. The fourth-order valence-corrected chi connectivity index (χ4v) is 3.47. The van der Waals surface area contributed by atoms with Crippen molar-refractivity contribution in [1.29, 1.82) is 0 Å². The lowest BCUT2D eigenvalue weighted by Crippen LogP contribution is -2.23. The highest BCUT2D eigenvalue weighted by Crippen LogP contribution is 2.30. The number of carbonyl (C=O) groups is 1. The van der Waals surface area contributed by atoms with Crippen LogP contribution in [0.3, 0.4) is 0 Å². The van der Waals surface area contributed by atoms with E-state index in [9.17, 15) is 9.18 Å². The lowest BCUT2D eigenvalue weighted by Gasteiger charge is -2.08. The van der Waals surface area contributed by atoms with Crippen LogP contribution in [-0.2, 0) is 6.54 Å². The predicted molar refractivity (Wildman–Crippen MR) is 111 cm³/mol. The first-order valence-electron chi connectivity index (χ1n) is 9.07. The molecule has 0 unspecified atom stereocenters. The maximum atomic E-state index is 13.2. The summed E-state index contributed by atoms with van der Waals surface area (Å²) < 4.78 is 14.8. The molecule has 0 bridgehead atoms. The lowest BCUT2D eigenvalue weighted by molar-refractivity contribution is 0.0951. The average Bonchev–Trinajstić information content (AvgIpc) is 3.05. The van der Waals surface area contributed by atoms with Gasteiger partial charge in [0.1, 0.15) is 5.82 Å². The fraction of sp³-hybridized carbons (Fsp3) is 0.136. The molecule has 0 aliphatic carbocycles. The maximum absolute atomic E-state index is 13.2. The molecule has 29 heavy (non-hydrogen) atoms. The third kappa shape index (κ3) is 3.71. The van der Waals surface area contributed by atoms with Crippen molar-refractivity contribution in [2.75, 3.05) is 0 Å².